The summed E-state index contributed by atoms with van der Waals surface area (Å²) in [5, 5.41) is 12.5. The van der Waals surface area contributed by atoms with Gasteiger partial charge in [0.1, 0.15) is 10.4 Å². The number of nitrogens with zero attached hydrogens (tertiary/aromatic N) is 1. The van der Waals surface area contributed by atoms with Crippen molar-refractivity contribution in [3.63, 3.8) is 0 Å². The van der Waals surface area contributed by atoms with E-state index in [1.807, 2.05) is 37.3 Å². The van der Waals surface area contributed by atoms with E-state index in [9.17, 15) is 5.26 Å². The first-order valence-electron chi connectivity index (χ1n) is 5.28. The van der Waals surface area contributed by atoms with Crippen molar-refractivity contribution in [2.45, 2.75) is 13.0 Å². The molecular weight excluding hydrogens is 332 g/mol. The van der Waals surface area contributed by atoms with Crippen LogP contribution in [0.5, 0.6) is 0 Å². The van der Waals surface area contributed by atoms with Crippen molar-refractivity contribution in [3.05, 3.63) is 49.6 Å². The van der Waals surface area contributed by atoms with Crippen molar-refractivity contribution in [1.82, 2.24) is 0 Å². The molecule has 92 valence electrons. The number of thiophene rings is 1. The topological polar surface area (TPSA) is 35.8 Å². The van der Waals surface area contributed by atoms with Gasteiger partial charge in [-0.1, -0.05) is 29.8 Å². The van der Waals surface area contributed by atoms with E-state index in [0.717, 1.165) is 20.6 Å². The third-order valence-electron chi connectivity index (χ3n) is 2.52. The maximum absolute atomic E-state index is 9.27. The minimum Gasteiger partial charge on any atom is -0.365 e. The van der Waals surface area contributed by atoms with Crippen molar-refractivity contribution in [3.8, 4) is 6.07 Å². The minimum atomic E-state index is -0.389. The fourth-order valence-corrected chi connectivity index (χ4v) is 3.30. The van der Waals surface area contributed by atoms with Gasteiger partial charge in [-0.15, -0.1) is 11.3 Å². The number of nitrogens with one attached hydrogen (secondary N) is 1. The van der Waals surface area contributed by atoms with Gasteiger partial charge in [0.2, 0.25) is 0 Å². The summed E-state index contributed by atoms with van der Waals surface area (Å²) in [7, 11) is 0. The zero-order valence-corrected chi connectivity index (χ0v) is 12.7. The SMILES string of the molecule is Cc1ccccc1NC(C#N)c1cc(Br)c(Cl)s1. The van der Waals surface area contributed by atoms with E-state index in [0.29, 0.717) is 4.34 Å². The Morgan fingerprint density at radius 1 is 1.44 bits per heavy atom. The first kappa shape index (κ1) is 13.4. The van der Waals surface area contributed by atoms with Crippen molar-refractivity contribution < 1.29 is 0 Å². The van der Waals surface area contributed by atoms with Gasteiger partial charge in [-0.05, 0) is 40.5 Å². The number of hydrogen-bond donors (Lipinski definition) is 1. The second-order valence-electron chi connectivity index (χ2n) is 3.79. The molecule has 2 nitrogen and oxygen atoms in total. The lowest BCUT2D eigenvalue weighted by Crippen LogP contribution is -2.07. The normalized spacial score (nSPS) is 11.9. The zero-order chi connectivity index (χ0) is 13.1. The lowest BCUT2D eigenvalue weighted by atomic mass is 10.1. The monoisotopic (exact) mass is 340 g/mol. The van der Waals surface area contributed by atoms with Crippen molar-refractivity contribution in [2.75, 3.05) is 5.32 Å². The Morgan fingerprint density at radius 2 is 2.17 bits per heavy atom. The maximum atomic E-state index is 9.27. The van der Waals surface area contributed by atoms with Gasteiger partial charge >= 0.3 is 0 Å². The quantitative estimate of drug-likeness (QED) is 0.838. The van der Waals surface area contributed by atoms with E-state index in [4.69, 9.17) is 11.6 Å². The highest BCUT2D eigenvalue weighted by Gasteiger charge is 2.15. The van der Waals surface area contributed by atoms with Crippen molar-refractivity contribution in [1.29, 1.82) is 5.26 Å². The average Bonchev–Trinajstić information content (AvgIpc) is 2.68. The lowest BCUT2D eigenvalue weighted by molar-refractivity contribution is 1.02. The smallest absolute Gasteiger partial charge is 0.149 e. The van der Waals surface area contributed by atoms with Crippen LogP contribution in [0.1, 0.15) is 16.5 Å². The Morgan fingerprint density at radius 3 is 2.72 bits per heavy atom. The van der Waals surface area contributed by atoms with Gasteiger partial charge in [-0.2, -0.15) is 5.26 Å². The fraction of sp³-hybridized carbons (Fsp3) is 0.154. The Labute approximate surface area is 123 Å². The third-order valence-corrected chi connectivity index (χ3v) is 5.06. The summed E-state index contributed by atoms with van der Waals surface area (Å²) >= 11 is 10.8. The van der Waals surface area contributed by atoms with Crippen LogP contribution in [0.4, 0.5) is 5.69 Å². The maximum Gasteiger partial charge on any atom is 0.149 e. The molecule has 1 aromatic carbocycles. The molecule has 0 aliphatic rings. The third kappa shape index (κ3) is 2.86. The van der Waals surface area contributed by atoms with Crippen LogP contribution < -0.4 is 5.32 Å². The molecule has 0 fully saturated rings. The molecule has 2 aromatic rings. The van der Waals surface area contributed by atoms with Crippen molar-refractivity contribution >= 4 is 44.6 Å². The second-order valence-corrected chi connectivity index (χ2v) is 6.33. The van der Waals surface area contributed by atoms with Crippen LogP contribution in [-0.4, -0.2) is 0 Å². The minimum absolute atomic E-state index is 0.389. The molecule has 0 amide bonds. The van der Waals surface area contributed by atoms with Crippen LogP contribution in [0.25, 0.3) is 0 Å². The summed E-state index contributed by atoms with van der Waals surface area (Å²) in [5.74, 6) is 0. The van der Waals surface area contributed by atoms with Gasteiger partial charge in [0.25, 0.3) is 0 Å². The number of benzene rings is 1. The highest BCUT2D eigenvalue weighted by molar-refractivity contribution is 9.10. The Hall–Kier alpha value is -1.02. The Balaban J connectivity index is 2.26. The predicted octanol–water partition coefficient (Wildman–Crippen LogP) is 5.15. The summed E-state index contributed by atoms with van der Waals surface area (Å²) < 4.78 is 1.49. The van der Waals surface area contributed by atoms with Crippen LogP contribution in [-0.2, 0) is 0 Å². The van der Waals surface area contributed by atoms with Crippen LogP contribution in [0.2, 0.25) is 4.34 Å². The molecule has 0 aliphatic heterocycles. The fourth-order valence-electron chi connectivity index (χ4n) is 1.56. The van der Waals surface area contributed by atoms with Crippen LogP contribution >= 0.6 is 38.9 Å². The number of hydrogen-bond acceptors (Lipinski definition) is 3. The van der Waals surface area contributed by atoms with Gasteiger partial charge in [0, 0.05) is 15.0 Å². The summed E-state index contributed by atoms with van der Waals surface area (Å²) in [6.07, 6.45) is 0. The molecule has 0 aliphatic carbocycles. The first-order chi connectivity index (χ1) is 8.61. The highest BCUT2D eigenvalue weighted by Crippen LogP contribution is 2.36. The number of nitriles is 1. The van der Waals surface area contributed by atoms with Gasteiger partial charge in [-0.3, -0.25) is 0 Å². The Kier molecular flexibility index (Phi) is 4.28. The molecule has 1 N–H and O–H groups in total. The molecule has 0 spiro atoms. The molecular formula is C13H10BrClN2S. The summed E-state index contributed by atoms with van der Waals surface area (Å²) in [4.78, 5) is 0.901. The zero-order valence-electron chi connectivity index (χ0n) is 9.58. The molecule has 1 aromatic heterocycles. The molecule has 1 heterocycles. The van der Waals surface area contributed by atoms with E-state index in [2.05, 4.69) is 27.3 Å². The molecule has 0 radical (unpaired) electrons. The Bertz CT molecular complexity index is 584. The number of anilines is 1. The molecule has 0 saturated carbocycles. The summed E-state index contributed by atoms with van der Waals surface area (Å²) in [5.41, 5.74) is 2.07. The molecule has 1 unspecified atom stereocenters. The van der Waals surface area contributed by atoms with Crippen LogP contribution in [0.3, 0.4) is 0 Å². The largest absolute Gasteiger partial charge is 0.365 e. The number of halogens is 2. The average molecular weight is 342 g/mol. The number of aryl methyl sites for hydroxylation is 1. The molecule has 18 heavy (non-hydrogen) atoms. The first-order valence-corrected chi connectivity index (χ1v) is 7.27. The van der Waals surface area contributed by atoms with Crippen molar-refractivity contribution in [2.24, 2.45) is 0 Å². The van der Waals surface area contributed by atoms with E-state index < -0.39 is 0 Å². The molecule has 2 rings (SSSR count). The number of rotatable bonds is 3. The molecule has 0 bridgehead atoms. The van der Waals surface area contributed by atoms with Gasteiger partial charge in [0.15, 0.2) is 0 Å². The molecule has 1 atom stereocenters. The van der Waals surface area contributed by atoms with Crippen LogP contribution in [0, 0.1) is 18.3 Å². The van der Waals surface area contributed by atoms with Crippen LogP contribution in [0.15, 0.2) is 34.8 Å². The van der Waals surface area contributed by atoms with E-state index in [-0.39, 0.29) is 6.04 Å². The van der Waals surface area contributed by atoms with E-state index in [1.54, 1.807) is 0 Å². The summed E-state index contributed by atoms with van der Waals surface area (Å²) in [6, 6.07) is 11.6. The van der Waals surface area contributed by atoms with Gasteiger partial charge in [0.05, 0.1) is 6.07 Å². The van der Waals surface area contributed by atoms with Gasteiger partial charge < -0.3 is 5.32 Å². The molecule has 0 saturated heterocycles. The van der Waals surface area contributed by atoms with E-state index >= 15 is 0 Å². The van der Waals surface area contributed by atoms with E-state index in [1.165, 1.54) is 11.3 Å². The summed E-state index contributed by atoms with van der Waals surface area (Å²) in [6.45, 7) is 2.01. The standard InChI is InChI=1S/C13H10BrClN2S/c1-8-4-2-3-5-10(8)17-11(7-16)12-6-9(14)13(15)18-12/h2-6,11,17H,1H3. The molecule has 5 heteroatoms. The lowest BCUT2D eigenvalue weighted by Gasteiger charge is -2.13. The second kappa shape index (κ2) is 5.75. The predicted molar refractivity (Wildman–Crippen MR) is 80.2 cm³/mol. The van der Waals surface area contributed by atoms with Gasteiger partial charge in [-0.25, -0.2) is 0 Å². The number of para-hydroxylation sites is 1. The highest BCUT2D eigenvalue weighted by atomic mass is 79.9.